The number of Topliss-reactive ketones (excluding diaryl/α,β-unsaturated/α-hetero) is 1. The van der Waals surface area contributed by atoms with Crippen LogP contribution in [0.15, 0.2) is 30.0 Å². The molecule has 0 bridgehead atoms. The van der Waals surface area contributed by atoms with Crippen LogP contribution in [0.5, 0.6) is 28.7 Å². The van der Waals surface area contributed by atoms with Gasteiger partial charge in [0, 0.05) is 26.8 Å². The standard InChI is InChI=1S/C24H27NO7/c1-27-9-5-8-25-13-17-18(31-14-25)7-6-16-22(26)19(32-23(16)17)10-15-11-20(28-2)24(30-4)21(12-15)29-3/h6-7,10-12H,5,8-9,13-14H2,1-4H3/b19-10-. The number of carbonyl (C=O) groups is 1. The van der Waals surface area contributed by atoms with Crippen LogP contribution in [0.25, 0.3) is 6.08 Å². The summed E-state index contributed by atoms with van der Waals surface area (Å²) in [5, 5.41) is 0. The van der Waals surface area contributed by atoms with Crippen LogP contribution in [-0.4, -0.2) is 59.0 Å². The Hall–Kier alpha value is -3.23. The molecule has 0 aromatic heterocycles. The fourth-order valence-electron chi connectivity index (χ4n) is 3.92. The van der Waals surface area contributed by atoms with Gasteiger partial charge in [-0.15, -0.1) is 0 Å². The third-order valence-corrected chi connectivity index (χ3v) is 5.49. The minimum absolute atomic E-state index is 0.173. The number of methoxy groups -OCH3 is 4. The van der Waals surface area contributed by atoms with Crippen LogP contribution in [0.2, 0.25) is 0 Å². The molecule has 0 N–H and O–H groups in total. The molecule has 2 aromatic carbocycles. The first-order valence-corrected chi connectivity index (χ1v) is 10.3. The normalized spacial score (nSPS) is 16.2. The summed E-state index contributed by atoms with van der Waals surface area (Å²) in [7, 11) is 6.33. The number of ketones is 1. The number of rotatable bonds is 8. The molecule has 0 unspecified atom stereocenters. The van der Waals surface area contributed by atoms with Gasteiger partial charge in [0.05, 0.1) is 32.5 Å². The van der Waals surface area contributed by atoms with E-state index < -0.39 is 0 Å². The Morgan fingerprint density at radius 1 is 1.06 bits per heavy atom. The summed E-state index contributed by atoms with van der Waals surface area (Å²) in [4.78, 5) is 15.2. The molecule has 0 saturated heterocycles. The Balaban J connectivity index is 1.63. The zero-order valence-corrected chi connectivity index (χ0v) is 18.7. The van der Waals surface area contributed by atoms with E-state index in [9.17, 15) is 4.79 Å². The second-order valence-electron chi connectivity index (χ2n) is 7.49. The van der Waals surface area contributed by atoms with Gasteiger partial charge in [0.15, 0.2) is 17.3 Å². The van der Waals surface area contributed by atoms with E-state index in [1.165, 1.54) is 0 Å². The van der Waals surface area contributed by atoms with Crippen LogP contribution in [0.4, 0.5) is 0 Å². The summed E-state index contributed by atoms with van der Waals surface area (Å²) in [6, 6.07) is 7.13. The van der Waals surface area contributed by atoms with Crippen molar-refractivity contribution in [3.8, 4) is 28.7 Å². The van der Waals surface area contributed by atoms with Gasteiger partial charge in [-0.2, -0.15) is 0 Å². The van der Waals surface area contributed by atoms with Gasteiger partial charge < -0.3 is 28.4 Å². The maximum atomic E-state index is 13.1. The second-order valence-corrected chi connectivity index (χ2v) is 7.49. The van der Waals surface area contributed by atoms with Crippen molar-refractivity contribution < 1.29 is 33.2 Å². The van der Waals surface area contributed by atoms with Gasteiger partial charge in [-0.1, -0.05) is 0 Å². The molecule has 0 radical (unpaired) electrons. The average Bonchev–Trinajstić information content (AvgIpc) is 3.14. The lowest BCUT2D eigenvalue weighted by Gasteiger charge is -2.29. The maximum absolute atomic E-state index is 13.1. The Bertz CT molecular complexity index is 1020. The largest absolute Gasteiger partial charge is 0.493 e. The number of hydrogen-bond donors (Lipinski definition) is 0. The molecule has 170 valence electrons. The van der Waals surface area contributed by atoms with Gasteiger partial charge in [-0.25, -0.2) is 0 Å². The second kappa shape index (κ2) is 9.50. The van der Waals surface area contributed by atoms with Crippen molar-refractivity contribution in [1.82, 2.24) is 4.90 Å². The number of benzene rings is 2. The number of nitrogens with zero attached hydrogens (tertiary/aromatic N) is 1. The molecule has 0 amide bonds. The SMILES string of the molecule is COCCCN1COc2ccc3c(c2C1)O/C(=C\c1cc(OC)c(OC)c(OC)c1)C3=O. The quantitative estimate of drug-likeness (QED) is 0.455. The fourth-order valence-corrected chi connectivity index (χ4v) is 3.92. The molecule has 4 rings (SSSR count). The lowest BCUT2D eigenvalue weighted by Crippen LogP contribution is -2.33. The molecule has 0 atom stereocenters. The highest BCUT2D eigenvalue weighted by atomic mass is 16.5. The number of fused-ring (bicyclic) bond motifs is 3. The molecule has 0 aliphatic carbocycles. The topological polar surface area (TPSA) is 75.7 Å². The first kappa shape index (κ1) is 22.0. The average molecular weight is 441 g/mol. The van der Waals surface area contributed by atoms with E-state index >= 15 is 0 Å². The fraction of sp³-hybridized carbons (Fsp3) is 0.375. The minimum Gasteiger partial charge on any atom is -0.493 e. The van der Waals surface area contributed by atoms with E-state index in [0.717, 1.165) is 24.3 Å². The van der Waals surface area contributed by atoms with Crippen LogP contribution in [-0.2, 0) is 11.3 Å². The first-order chi connectivity index (χ1) is 15.6. The van der Waals surface area contributed by atoms with Crippen molar-refractivity contribution in [2.45, 2.75) is 13.0 Å². The summed E-state index contributed by atoms with van der Waals surface area (Å²) < 4.78 is 33.3. The van der Waals surface area contributed by atoms with Crippen molar-refractivity contribution in [3.63, 3.8) is 0 Å². The summed E-state index contributed by atoms with van der Waals surface area (Å²) >= 11 is 0. The predicted octanol–water partition coefficient (Wildman–Crippen LogP) is 3.52. The number of allylic oxidation sites excluding steroid dienone is 1. The lowest BCUT2D eigenvalue weighted by atomic mass is 10.0. The van der Waals surface area contributed by atoms with Crippen molar-refractivity contribution in [2.75, 3.05) is 48.3 Å². The summed E-state index contributed by atoms with van der Waals surface area (Å²) in [6.45, 7) is 2.66. The third-order valence-electron chi connectivity index (χ3n) is 5.49. The molecule has 8 nitrogen and oxygen atoms in total. The minimum atomic E-state index is -0.173. The molecule has 2 aliphatic heterocycles. The Labute approximate surface area is 187 Å². The Morgan fingerprint density at radius 3 is 2.47 bits per heavy atom. The molecular weight excluding hydrogens is 414 g/mol. The number of hydrogen-bond acceptors (Lipinski definition) is 8. The van der Waals surface area contributed by atoms with E-state index in [-0.39, 0.29) is 11.5 Å². The van der Waals surface area contributed by atoms with E-state index in [1.54, 1.807) is 52.7 Å². The molecule has 0 spiro atoms. The van der Waals surface area contributed by atoms with Gasteiger partial charge >= 0.3 is 0 Å². The van der Waals surface area contributed by atoms with Crippen LogP contribution in [0.1, 0.15) is 27.9 Å². The molecular formula is C24H27NO7. The molecule has 2 aliphatic rings. The third kappa shape index (κ3) is 4.11. The van der Waals surface area contributed by atoms with Gasteiger partial charge in [-0.3, -0.25) is 9.69 Å². The monoisotopic (exact) mass is 441 g/mol. The maximum Gasteiger partial charge on any atom is 0.231 e. The van der Waals surface area contributed by atoms with E-state index in [4.69, 9.17) is 28.4 Å². The summed E-state index contributed by atoms with van der Waals surface area (Å²) in [5.41, 5.74) is 2.11. The highest BCUT2D eigenvalue weighted by Gasteiger charge is 2.33. The molecule has 0 fully saturated rings. The van der Waals surface area contributed by atoms with Gasteiger partial charge in [0.1, 0.15) is 18.2 Å². The Kier molecular flexibility index (Phi) is 6.53. The first-order valence-electron chi connectivity index (χ1n) is 10.3. The Morgan fingerprint density at radius 2 is 1.81 bits per heavy atom. The van der Waals surface area contributed by atoms with Crippen molar-refractivity contribution in [2.24, 2.45) is 0 Å². The molecule has 2 heterocycles. The zero-order chi connectivity index (χ0) is 22.7. The van der Waals surface area contributed by atoms with E-state index in [1.807, 2.05) is 6.07 Å². The zero-order valence-electron chi connectivity index (χ0n) is 18.7. The van der Waals surface area contributed by atoms with E-state index in [0.29, 0.717) is 54.0 Å². The number of carbonyl (C=O) groups excluding carboxylic acids is 1. The highest BCUT2D eigenvalue weighted by molar-refractivity contribution is 6.15. The molecule has 0 saturated carbocycles. The van der Waals surface area contributed by atoms with Crippen LogP contribution >= 0.6 is 0 Å². The van der Waals surface area contributed by atoms with Crippen molar-refractivity contribution >= 4 is 11.9 Å². The van der Waals surface area contributed by atoms with Crippen molar-refractivity contribution in [1.29, 1.82) is 0 Å². The van der Waals surface area contributed by atoms with E-state index in [2.05, 4.69) is 4.90 Å². The smallest absolute Gasteiger partial charge is 0.231 e. The van der Waals surface area contributed by atoms with Gasteiger partial charge in [-0.05, 0) is 42.3 Å². The van der Waals surface area contributed by atoms with Gasteiger partial charge in [0.2, 0.25) is 11.5 Å². The highest BCUT2D eigenvalue weighted by Crippen LogP contribution is 2.43. The van der Waals surface area contributed by atoms with Crippen LogP contribution in [0, 0.1) is 0 Å². The van der Waals surface area contributed by atoms with Gasteiger partial charge in [0.25, 0.3) is 0 Å². The summed E-state index contributed by atoms with van der Waals surface area (Å²) in [5.74, 6) is 2.85. The van der Waals surface area contributed by atoms with Crippen LogP contribution in [0.3, 0.4) is 0 Å². The molecule has 32 heavy (non-hydrogen) atoms. The predicted molar refractivity (Wildman–Crippen MR) is 118 cm³/mol. The molecule has 8 heteroatoms. The summed E-state index contributed by atoms with van der Waals surface area (Å²) in [6.07, 6.45) is 2.58. The van der Waals surface area contributed by atoms with Crippen LogP contribution < -0.4 is 23.7 Å². The van der Waals surface area contributed by atoms with Crippen molar-refractivity contribution in [3.05, 3.63) is 46.7 Å². The molecule has 2 aromatic rings. The number of ether oxygens (including phenoxy) is 6. The lowest BCUT2D eigenvalue weighted by molar-refractivity contribution is 0.0823.